The van der Waals surface area contributed by atoms with Gasteiger partial charge in [-0.1, -0.05) is 12.1 Å². The largest absolute Gasteiger partial charge is 0.493 e. The van der Waals surface area contributed by atoms with Crippen LogP contribution in [0.3, 0.4) is 0 Å². The van der Waals surface area contributed by atoms with Gasteiger partial charge in [-0.3, -0.25) is 9.59 Å². The molecule has 1 aliphatic heterocycles. The van der Waals surface area contributed by atoms with Crippen LogP contribution in [0.2, 0.25) is 0 Å². The van der Waals surface area contributed by atoms with Gasteiger partial charge in [0.2, 0.25) is 5.91 Å². The highest BCUT2D eigenvalue weighted by atomic mass is 19.1. The molecule has 0 radical (unpaired) electrons. The molecule has 152 valence electrons. The van der Waals surface area contributed by atoms with Crippen molar-refractivity contribution in [3.05, 3.63) is 65.5 Å². The fourth-order valence-electron chi connectivity index (χ4n) is 3.13. The van der Waals surface area contributed by atoms with Gasteiger partial charge in [0.1, 0.15) is 5.82 Å². The molecule has 1 saturated heterocycles. The van der Waals surface area contributed by atoms with Crippen molar-refractivity contribution in [2.45, 2.75) is 0 Å². The number of carbonyl (C=O) groups excluding carboxylic acids is 2. The molecular weight excluding hydrogens is 375 g/mol. The number of rotatable bonds is 5. The Morgan fingerprint density at radius 2 is 1.52 bits per heavy atom. The van der Waals surface area contributed by atoms with Crippen LogP contribution in [0.4, 0.5) is 4.39 Å². The van der Waals surface area contributed by atoms with Crippen LogP contribution in [-0.2, 0) is 4.79 Å². The van der Waals surface area contributed by atoms with Gasteiger partial charge in [0.05, 0.1) is 14.2 Å². The minimum Gasteiger partial charge on any atom is -0.493 e. The first-order valence-electron chi connectivity index (χ1n) is 9.25. The fourth-order valence-corrected chi connectivity index (χ4v) is 3.13. The molecule has 0 unspecified atom stereocenters. The van der Waals surface area contributed by atoms with Gasteiger partial charge < -0.3 is 19.3 Å². The molecule has 0 aliphatic carbocycles. The number of piperazine rings is 1. The van der Waals surface area contributed by atoms with E-state index in [1.807, 2.05) is 0 Å². The summed E-state index contributed by atoms with van der Waals surface area (Å²) in [6.07, 6.45) is 3.13. The third-order valence-electron chi connectivity index (χ3n) is 4.80. The second-order valence-electron chi connectivity index (χ2n) is 6.57. The zero-order valence-electron chi connectivity index (χ0n) is 16.4. The van der Waals surface area contributed by atoms with Crippen molar-refractivity contribution >= 4 is 17.9 Å². The summed E-state index contributed by atoms with van der Waals surface area (Å²) in [4.78, 5) is 28.5. The Balaban J connectivity index is 1.57. The first-order valence-corrected chi connectivity index (χ1v) is 9.25. The van der Waals surface area contributed by atoms with Crippen LogP contribution in [0.25, 0.3) is 6.08 Å². The number of halogens is 1. The molecule has 1 fully saturated rings. The molecule has 29 heavy (non-hydrogen) atoms. The highest BCUT2D eigenvalue weighted by Crippen LogP contribution is 2.28. The normalized spacial score (nSPS) is 14.2. The van der Waals surface area contributed by atoms with Gasteiger partial charge in [-0.05, 0) is 42.0 Å². The Labute approximate surface area is 169 Å². The molecule has 0 N–H and O–H groups in total. The lowest BCUT2D eigenvalue weighted by Gasteiger charge is -2.34. The lowest BCUT2D eigenvalue weighted by molar-refractivity contribution is -0.127. The Kier molecular flexibility index (Phi) is 6.49. The van der Waals surface area contributed by atoms with Crippen molar-refractivity contribution in [3.8, 4) is 11.5 Å². The van der Waals surface area contributed by atoms with Crippen molar-refractivity contribution in [1.82, 2.24) is 9.80 Å². The quantitative estimate of drug-likeness (QED) is 0.727. The Bertz CT molecular complexity index is 904. The number of methoxy groups -OCH3 is 2. The predicted molar refractivity (Wildman–Crippen MR) is 107 cm³/mol. The van der Waals surface area contributed by atoms with Crippen LogP contribution in [-0.4, -0.2) is 62.0 Å². The molecule has 2 aromatic rings. The smallest absolute Gasteiger partial charge is 0.254 e. The van der Waals surface area contributed by atoms with Crippen molar-refractivity contribution in [1.29, 1.82) is 0 Å². The third-order valence-corrected chi connectivity index (χ3v) is 4.80. The summed E-state index contributed by atoms with van der Waals surface area (Å²) < 4.78 is 23.4. The molecule has 1 heterocycles. The highest BCUT2D eigenvalue weighted by Gasteiger charge is 2.24. The number of nitrogens with zero attached hydrogens (tertiary/aromatic N) is 2. The summed E-state index contributed by atoms with van der Waals surface area (Å²) in [5.74, 6) is 0.502. The van der Waals surface area contributed by atoms with Crippen LogP contribution in [0, 0.1) is 5.82 Å². The lowest BCUT2D eigenvalue weighted by Crippen LogP contribution is -2.50. The Hall–Kier alpha value is -3.35. The second-order valence-corrected chi connectivity index (χ2v) is 6.57. The maximum absolute atomic E-state index is 12.9. The monoisotopic (exact) mass is 398 g/mol. The minimum atomic E-state index is -0.316. The third kappa shape index (κ3) is 4.93. The molecule has 0 aromatic heterocycles. The van der Waals surface area contributed by atoms with Crippen molar-refractivity contribution in [3.63, 3.8) is 0 Å². The Morgan fingerprint density at radius 1 is 0.897 bits per heavy atom. The zero-order valence-corrected chi connectivity index (χ0v) is 16.4. The van der Waals surface area contributed by atoms with Crippen LogP contribution in [0.15, 0.2) is 48.5 Å². The van der Waals surface area contributed by atoms with E-state index in [0.717, 1.165) is 5.56 Å². The van der Waals surface area contributed by atoms with E-state index < -0.39 is 0 Å². The summed E-state index contributed by atoms with van der Waals surface area (Å²) in [7, 11) is 3.07. The number of carbonyl (C=O) groups is 2. The molecule has 6 nitrogen and oxygen atoms in total. The van der Waals surface area contributed by atoms with Crippen LogP contribution < -0.4 is 9.47 Å². The summed E-state index contributed by atoms with van der Waals surface area (Å²) in [6.45, 7) is 1.80. The molecule has 0 spiro atoms. The lowest BCUT2D eigenvalue weighted by atomic mass is 10.1. The van der Waals surface area contributed by atoms with Gasteiger partial charge >= 0.3 is 0 Å². The van der Waals surface area contributed by atoms with E-state index in [1.54, 1.807) is 53.3 Å². The summed E-state index contributed by atoms with van der Waals surface area (Å²) in [5.41, 5.74) is 1.26. The van der Waals surface area contributed by atoms with Gasteiger partial charge in [-0.2, -0.15) is 0 Å². The van der Waals surface area contributed by atoms with E-state index in [0.29, 0.717) is 43.2 Å². The SMILES string of the molecule is COc1ccc(C(=O)N2CCN(C(=O)/C=C/c3ccc(F)cc3)CC2)cc1OC. The zero-order chi connectivity index (χ0) is 20.8. The molecule has 2 aromatic carbocycles. The van der Waals surface area contributed by atoms with Crippen LogP contribution in [0.5, 0.6) is 11.5 Å². The van der Waals surface area contributed by atoms with Gasteiger partial charge in [-0.25, -0.2) is 4.39 Å². The van der Waals surface area contributed by atoms with Gasteiger partial charge in [0.25, 0.3) is 5.91 Å². The van der Waals surface area contributed by atoms with Crippen LogP contribution >= 0.6 is 0 Å². The Morgan fingerprint density at radius 3 is 2.14 bits per heavy atom. The average Bonchev–Trinajstić information content (AvgIpc) is 2.77. The number of hydrogen-bond acceptors (Lipinski definition) is 4. The molecule has 7 heteroatoms. The molecule has 0 bridgehead atoms. The summed E-state index contributed by atoms with van der Waals surface area (Å²) in [5, 5.41) is 0. The fraction of sp³-hybridized carbons (Fsp3) is 0.273. The predicted octanol–water partition coefficient (Wildman–Crippen LogP) is 2.84. The maximum atomic E-state index is 12.9. The number of benzene rings is 2. The van der Waals surface area contributed by atoms with Gasteiger partial charge in [0, 0.05) is 37.8 Å². The average molecular weight is 398 g/mol. The van der Waals surface area contributed by atoms with E-state index in [1.165, 1.54) is 25.3 Å². The number of hydrogen-bond donors (Lipinski definition) is 0. The molecule has 1 aliphatic rings. The molecule has 0 atom stereocenters. The highest BCUT2D eigenvalue weighted by molar-refractivity contribution is 5.95. The number of amides is 2. The van der Waals surface area contributed by atoms with E-state index in [9.17, 15) is 14.0 Å². The van der Waals surface area contributed by atoms with E-state index in [4.69, 9.17) is 9.47 Å². The first-order chi connectivity index (χ1) is 14.0. The van der Waals surface area contributed by atoms with E-state index >= 15 is 0 Å². The molecular formula is C22H23FN2O4. The molecule has 2 amide bonds. The van der Waals surface area contributed by atoms with Crippen molar-refractivity contribution in [2.75, 3.05) is 40.4 Å². The van der Waals surface area contributed by atoms with Gasteiger partial charge in [0.15, 0.2) is 11.5 Å². The summed E-state index contributed by atoms with van der Waals surface area (Å²) in [6, 6.07) is 11.0. The second kappa shape index (κ2) is 9.23. The maximum Gasteiger partial charge on any atom is 0.254 e. The van der Waals surface area contributed by atoms with Crippen molar-refractivity contribution < 1.29 is 23.5 Å². The van der Waals surface area contributed by atoms with Crippen LogP contribution in [0.1, 0.15) is 15.9 Å². The number of ether oxygens (including phenoxy) is 2. The standard InChI is InChI=1S/C22H23FN2O4/c1-28-19-9-6-17(15-20(19)29-2)22(27)25-13-11-24(12-14-25)21(26)10-5-16-3-7-18(23)8-4-16/h3-10,15H,11-14H2,1-2H3/b10-5+. The minimum absolute atomic E-state index is 0.111. The van der Waals surface area contributed by atoms with E-state index in [2.05, 4.69) is 0 Å². The van der Waals surface area contributed by atoms with E-state index in [-0.39, 0.29) is 17.6 Å². The molecule has 0 saturated carbocycles. The van der Waals surface area contributed by atoms with Crippen molar-refractivity contribution in [2.24, 2.45) is 0 Å². The molecule has 3 rings (SSSR count). The summed E-state index contributed by atoms with van der Waals surface area (Å²) >= 11 is 0. The van der Waals surface area contributed by atoms with Gasteiger partial charge in [-0.15, -0.1) is 0 Å². The topological polar surface area (TPSA) is 59.1 Å². The first kappa shape index (κ1) is 20.4.